The number of rotatable bonds is 7. The first-order valence-electron chi connectivity index (χ1n) is 13.5. The summed E-state index contributed by atoms with van der Waals surface area (Å²) in [4.78, 5) is 2.49. The van der Waals surface area contributed by atoms with Gasteiger partial charge in [0, 0.05) is 34.9 Å². The lowest BCUT2D eigenvalue weighted by atomic mass is 9.84. The fourth-order valence-corrected chi connectivity index (χ4v) is 5.74. The smallest absolute Gasteiger partial charge is 0.130 e. The molecule has 0 aliphatic carbocycles. The zero-order valence-electron chi connectivity index (χ0n) is 21.5. The standard InChI is InChI=1S/C32H34FNO3/c1-22-5-12-27-30(19-22)36-21-28-26-13-9-24(33)20-31(26)37-29(32(27)28)14-8-23-6-10-25(11-7-23)35-18-17-34-15-3-2-4-16-34/h5-7,9-13,19-20,29H,2-4,8,14-18,21H2,1H3. The van der Waals surface area contributed by atoms with Crippen molar-refractivity contribution >= 4 is 11.1 Å². The topological polar surface area (TPSA) is 30.9 Å². The normalized spacial score (nSPS) is 18.8. The molecule has 0 saturated carbocycles. The highest BCUT2D eigenvalue weighted by Crippen LogP contribution is 2.47. The first kappa shape index (κ1) is 24.1. The van der Waals surface area contributed by atoms with Crippen molar-refractivity contribution in [3.05, 3.63) is 88.7 Å². The van der Waals surface area contributed by atoms with Gasteiger partial charge in [-0.25, -0.2) is 4.39 Å². The molecule has 0 bridgehead atoms. The third-order valence-corrected chi connectivity index (χ3v) is 7.73. The fraction of sp³-hybridized carbons (Fsp3) is 0.375. The number of halogens is 1. The van der Waals surface area contributed by atoms with Crippen molar-refractivity contribution in [2.75, 3.05) is 32.8 Å². The summed E-state index contributed by atoms with van der Waals surface area (Å²) in [6.07, 6.45) is 5.43. The van der Waals surface area contributed by atoms with E-state index < -0.39 is 0 Å². The lowest BCUT2D eigenvalue weighted by Crippen LogP contribution is -2.33. The highest BCUT2D eigenvalue weighted by Gasteiger charge is 2.34. The molecule has 0 radical (unpaired) electrons. The van der Waals surface area contributed by atoms with Crippen LogP contribution in [0.1, 0.15) is 47.9 Å². The van der Waals surface area contributed by atoms with Gasteiger partial charge in [-0.05, 0) is 87.2 Å². The molecule has 3 heterocycles. The Morgan fingerprint density at radius 2 is 1.73 bits per heavy atom. The largest absolute Gasteiger partial charge is 0.492 e. The van der Waals surface area contributed by atoms with Gasteiger partial charge >= 0.3 is 0 Å². The van der Waals surface area contributed by atoms with Crippen molar-refractivity contribution < 1.29 is 18.6 Å². The minimum atomic E-state index is -0.287. The van der Waals surface area contributed by atoms with E-state index in [4.69, 9.17) is 14.2 Å². The highest BCUT2D eigenvalue weighted by molar-refractivity contribution is 5.99. The van der Waals surface area contributed by atoms with Crippen molar-refractivity contribution in [2.45, 2.75) is 45.1 Å². The molecule has 3 aromatic rings. The lowest BCUT2D eigenvalue weighted by Gasteiger charge is -2.35. The molecule has 192 valence electrons. The van der Waals surface area contributed by atoms with E-state index in [2.05, 4.69) is 54.3 Å². The molecule has 3 aliphatic heterocycles. The Morgan fingerprint density at radius 1 is 0.919 bits per heavy atom. The summed E-state index contributed by atoms with van der Waals surface area (Å²) in [5.41, 5.74) is 6.65. The number of fused-ring (bicyclic) bond motifs is 4. The van der Waals surface area contributed by atoms with Gasteiger partial charge in [0.15, 0.2) is 0 Å². The average Bonchev–Trinajstić information content (AvgIpc) is 2.92. The Hall–Kier alpha value is -3.31. The maximum absolute atomic E-state index is 14.1. The maximum Gasteiger partial charge on any atom is 0.130 e. The van der Waals surface area contributed by atoms with E-state index in [0.717, 1.165) is 65.3 Å². The number of piperidine rings is 1. The lowest BCUT2D eigenvalue weighted by molar-refractivity contribution is 0.183. The van der Waals surface area contributed by atoms with Crippen LogP contribution in [-0.4, -0.2) is 43.9 Å². The molecular formula is C32H34FNO3. The van der Waals surface area contributed by atoms with Crippen LogP contribution >= 0.6 is 0 Å². The molecular weight excluding hydrogens is 465 g/mol. The van der Waals surface area contributed by atoms with Crippen LogP contribution in [0.4, 0.5) is 4.39 Å². The Labute approximate surface area is 218 Å². The van der Waals surface area contributed by atoms with Gasteiger partial charge in [0.2, 0.25) is 0 Å². The molecule has 0 aromatic heterocycles. The number of hydrogen-bond acceptors (Lipinski definition) is 4. The third kappa shape index (κ3) is 5.24. The summed E-state index contributed by atoms with van der Waals surface area (Å²) in [5.74, 6) is 2.12. The SMILES string of the molecule is Cc1ccc2c(c1)OCC1=C2C(CCc2ccc(OCCN3CCCCC3)cc2)Oc2cc(F)ccc21. The molecule has 0 amide bonds. The number of ether oxygens (including phenoxy) is 3. The predicted octanol–water partition coefficient (Wildman–Crippen LogP) is 6.70. The molecule has 0 spiro atoms. The minimum absolute atomic E-state index is 0.171. The van der Waals surface area contributed by atoms with Crippen LogP contribution in [0.2, 0.25) is 0 Å². The molecule has 1 saturated heterocycles. The van der Waals surface area contributed by atoms with Gasteiger partial charge in [-0.3, -0.25) is 4.90 Å². The average molecular weight is 500 g/mol. The Kier molecular flexibility index (Phi) is 6.88. The molecule has 3 aromatic carbocycles. The highest BCUT2D eigenvalue weighted by atomic mass is 19.1. The summed E-state index contributed by atoms with van der Waals surface area (Å²) in [7, 11) is 0. The van der Waals surface area contributed by atoms with Crippen LogP contribution in [0.3, 0.4) is 0 Å². The van der Waals surface area contributed by atoms with Gasteiger partial charge in [0.05, 0.1) is 0 Å². The number of hydrogen-bond donors (Lipinski definition) is 0. The zero-order valence-corrected chi connectivity index (χ0v) is 21.5. The summed E-state index contributed by atoms with van der Waals surface area (Å²) >= 11 is 0. The van der Waals surface area contributed by atoms with Crippen LogP contribution in [-0.2, 0) is 6.42 Å². The van der Waals surface area contributed by atoms with Crippen molar-refractivity contribution in [1.82, 2.24) is 4.90 Å². The zero-order chi connectivity index (χ0) is 25.2. The van der Waals surface area contributed by atoms with E-state index >= 15 is 0 Å². The molecule has 1 atom stereocenters. The van der Waals surface area contributed by atoms with Crippen LogP contribution in [0.15, 0.2) is 60.7 Å². The van der Waals surface area contributed by atoms with Crippen molar-refractivity contribution in [2.24, 2.45) is 0 Å². The van der Waals surface area contributed by atoms with Crippen molar-refractivity contribution in [3.63, 3.8) is 0 Å². The molecule has 37 heavy (non-hydrogen) atoms. The molecule has 3 aliphatic rings. The minimum Gasteiger partial charge on any atom is -0.492 e. The number of nitrogens with zero attached hydrogens (tertiary/aromatic N) is 1. The maximum atomic E-state index is 14.1. The predicted molar refractivity (Wildman–Crippen MR) is 145 cm³/mol. The van der Waals surface area contributed by atoms with Crippen LogP contribution < -0.4 is 14.2 Å². The van der Waals surface area contributed by atoms with E-state index in [1.807, 2.05) is 6.07 Å². The van der Waals surface area contributed by atoms with Gasteiger partial charge in [0.1, 0.15) is 42.4 Å². The van der Waals surface area contributed by atoms with Gasteiger partial charge < -0.3 is 14.2 Å². The van der Waals surface area contributed by atoms with Gasteiger partial charge in [-0.15, -0.1) is 0 Å². The van der Waals surface area contributed by atoms with E-state index in [9.17, 15) is 4.39 Å². The molecule has 5 heteroatoms. The Bertz CT molecular complexity index is 1290. The van der Waals surface area contributed by atoms with E-state index in [-0.39, 0.29) is 11.9 Å². The van der Waals surface area contributed by atoms with Crippen molar-refractivity contribution in [1.29, 1.82) is 0 Å². The number of likely N-dealkylation sites (tertiary alicyclic amines) is 1. The molecule has 0 N–H and O–H groups in total. The summed E-state index contributed by atoms with van der Waals surface area (Å²) in [6, 6.07) is 19.5. The molecule has 6 rings (SSSR count). The number of aryl methyl sites for hydroxylation is 2. The van der Waals surface area contributed by atoms with Crippen LogP contribution in [0, 0.1) is 12.7 Å². The van der Waals surface area contributed by atoms with Crippen molar-refractivity contribution in [3.8, 4) is 17.2 Å². The Balaban J connectivity index is 1.16. The quantitative estimate of drug-likeness (QED) is 0.362. The van der Waals surface area contributed by atoms with E-state index in [1.165, 1.54) is 50.0 Å². The van der Waals surface area contributed by atoms with E-state index in [0.29, 0.717) is 12.4 Å². The monoisotopic (exact) mass is 499 g/mol. The first-order chi connectivity index (χ1) is 18.1. The molecule has 1 fully saturated rings. The summed E-state index contributed by atoms with van der Waals surface area (Å²) in [5, 5.41) is 0. The summed E-state index contributed by atoms with van der Waals surface area (Å²) in [6.45, 7) is 6.64. The van der Waals surface area contributed by atoms with E-state index in [1.54, 1.807) is 0 Å². The third-order valence-electron chi connectivity index (χ3n) is 7.73. The van der Waals surface area contributed by atoms with Crippen LogP contribution in [0.25, 0.3) is 11.1 Å². The van der Waals surface area contributed by atoms with Crippen LogP contribution in [0.5, 0.6) is 17.2 Å². The fourth-order valence-electron chi connectivity index (χ4n) is 5.74. The second-order valence-electron chi connectivity index (χ2n) is 10.4. The second kappa shape index (κ2) is 10.6. The van der Waals surface area contributed by atoms with Gasteiger partial charge in [-0.1, -0.05) is 30.7 Å². The molecule has 4 nitrogen and oxygen atoms in total. The summed E-state index contributed by atoms with van der Waals surface area (Å²) < 4.78 is 32.6. The molecule has 1 unspecified atom stereocenters. The van der Waals surface area contributed by atoms with Gasteiger partial charge in [-0.2, -0.15) is 0 Å². The first-order valence-corrected chi connectivity index (χ1v) is 13.5. The second-order valence-corrected chi connectivity index (χ2v) is 10.4. The van der Waals surface area contributed by atoms with Gasteiger partial charge in [0.25, 0.3) is 0 Å². The Morgan fingerprint density at radius 3 is 2.57 bits per heavy atom. The number of benzene rings is 3.